The summed E-state index contributed by atoms with van der Waals surface area (Å²) in [7, 11) is 0. The smallest absolute Gasteiger partial charge is 0.0733 e. The van der Waals surface area contributed by atoms with Gasteiger partial charge in [0, 0.05) is 22.7 Å². The standard InChI is InChI=1S/C23H22N2/c1-17(2)25-21-16-10-9-15-20(21)22(24-19-13-7-4-8-14-19)23(25)18-11-5-3-6-12-18/h3-17,24H,1-2H3. The fourth-order valence-corrected chi connectivity index (χ4v) is 3.47. The van der Waals surface area contributed by atoms with Crippen LogP contribution in [0.25, 0.3) is 22.2 Å². The van der Waals surface area contributed by atoms with E-state index in [0.717, 1.165) is 5.69 Å². The third kappa shape index (κ3) is 2.80. The summed E-state index contributed by atoms with van der Waals surface area (Å²) in [5, 5.41) is 4.92. The number of hydrogen-bond acceptors (Lipinski definition) is 1. The first-order valence-corrected chi connectivity index (χ1v) is 8.76. The number of rotatable bonds is 4. The average molecular weight is 326 g/mol. The quantitative estimate of drug-likeness (QED) is 0.445. The molecule has 0 spiro atoms. The molecule has 2 nitrogen and oxygen atoms in total. The second-order valence-electron chi connectivity index (χ2n) is 6.56. The van der Waals surface area contributed by atoms with Gasteiger partial charge in [-0.1, -0.05) is 66.7 Å². The molecule has 0 radical (unpaired) electrons. The van der Waals surface area contributed by atoms with Gasteiger partial charge >= 0.3 is 0 Å². The molecule has 25 heavy (non-hydrogen) atoms. The highest BCUT2D eigenvalue weighted by Gasteiger charge is 2.20. The van der Waals surface area contributed by atoms with E-state index in [-0.39, 0.29) is 0 Å². The zero-order valence-electron chi connectivity index (χ0n) is 14.6. The van der Waals surface area contributed by atoms with Crippen LogP contribution in [0, 0.1) is 0 Å². The lowest BCUT2D eigenvalue weighted by Gasteiger charge is -2.16. The average Bonchev–Trinajstić information content (AvgIpc) is 2.98. The number of fused-ring (bicyclic) bond motifs is 1. The van der Waals surface area contributed by atoms with Gasteiger partial charge in [0.2, 0.25) is 0 Å². The number of nitrogens with zero attached hydrogens (tertiary/aromatic N) is 1. The molecular formula is C23H22N2. The summed E-state index contributed by atoms with van der Waals surface area (Å²) in [6.07, 6.45) is 0. The van der Waals surface area contributed by atoms with Gasteiger partial charge in [0.05, 0.1) is 16.9 Å². The molecule has 2 heteroatoms. The number of benzene rings is 3. The zero-order chi connectivity index (χ0) is 17.2. The van der Waals surface area contributed by atoms with E-state index in [1.165, 1.54) is 27.8 Å². The van der Waals surface area contributed by atoms with Gasteiger partial charge in [-0.05, 0) is 32.0 Å². The maximum atomic E-state index is 3.67. The first-order valence-electron chi connectivity index (χ1n) is 8.76. The minimum absolute atomic E-state index is 0.367. The molecular weight excluding hydrogens is 304 g/mol. The maximum absolute atomic E-state index is 3.67. The number of anilines is 2. The SMILES string of the molecule is CC(C)n1c(-c2ccccc2)c(Nc2ccccc2)c2ccccc21. The van der Waals surface area contributed by atoms with E-state index < -0.39 is 0 Å². The van der Waals surface area contributed by atoms with E-state index in [2.05, 4.69) is 103 Å². The minimum atomic E-state index is 0.367. The molecule has 0 fully saturated rings. The van der Waals surface area contributed by atoms with Gasteiger partial charge in [0.1, 0.15) is 0 Å². The van der Waals surface area contributed by atoms with Crippen LogP contribution in [0.1, 0.15) is 19.9 Å². The predicted molar refractivity (Wildman–Crippen MR) is 107 cm³/mol. The third-order valence-electron chi connectivity index (χ3n) is 4.52. The lowest BCUT2D eigenvalue weighted by Crippen LogP contribution is -2.03. The summed E-state index contributed by atoms with van der Waals surface area (Å²) in [4.78, 5) is 0. The van der Waals surface area contributed by atoms with Crippen LogP contribution in [0.3, 0.4) is 0 Å². The highest BCUT2D eigenvalue weighted by Crippen LogP contribution is 2.41. The van der Waals surface area contributed by atoms with E-state index >= 15 is 0 Å². The molecule has 0 aliphatic heterocycles. The Bertz CT molecular complexity index is 983. The summed E-state index contributed by atoms with van der Waals surface area (Å²) in [5.41, 5.74) is 5.99. The van der Waals surface area contributed by atoms with Crippen molar-refractivity contribution in [3.05, 3.63) is 84.9 Å². The van der Waals surface area contributed by atoms with Crippen molar-refractivity contribution < 1.29 is 0 Å². The van der Waals surface area contributed by atoms with Crippen LogP contribution in [0.15, 0.2) is 84.9 Å². The minimum Gasteiger partial charge on any atom is -0.353 e. The first kappa shape index (κ1) is 15.5. The molecule has 1 heterocycles. The van der Waals surface area contributed by atoms with Crippen LogP contribution in [0.2, 0.25) is 0 Å². The summed E-state index contributed by atoms with van der Waals surface area (Å²) >= 11 is 0. The van der Waals surface area contributed by atoms with Crippen molar-refractivity contribution in [3.63, 3.8) is 0 Å². The predicted octanol–water partition coefficient (Wildman–Crippen LogP) is 6.63. The van der Waals surface area contributed by atoms with E-state index in [4.69, 9.17) is 0 Å². The molecule has 0 amide bonds. The van der Waals surface area contributed by atoms with Crippen molar-refractivity contribution in [1.82, 2.24) is 4.57 Å². The third-order valence-corrected chi connectivity index (χ3v) is 4.52. The first-order chi connectivity index (χ1) is 12.3. The normalized spacial score (nSPS) is 11.2. The molecule has 3 aromatic carbocycles. The van der Waals surface area contributed by atoms with Crippen LogP contribution >= 0.6 is 0 Å². The summed E-state index contributed by atoms with van der Waals surface area (Å²) in [5.74, 6) is 0. The van der Waals surface area contributed by atoms with Crippen molar-refractivity contribution in [2.45, 2.75) is 19.9 Å². The fraction of sp³-hybridized carbons (Fsp3) is 0.130. The van der Waals surface area contributed by atoms with Crippen molar-refractivity contribution in [1.29, 1.82) is 0 Å². The molecule has 0 bridgehead atoms. The molecule has 124 valence electrons. The molecule has 4 aromatic rings. The van der Waals surface area contributed by atoms with Crippen molar-refractivity contribution >= 4 is 22.3 Å². The second kappa shape index (κ2) is 6.48. The molecule has 0 aliphatic carbocycles. The fourth-order valence-electron chi connectivity index (χ4n) is 3.47. The lowest BCUT2D eigenvalue weighted by molar-refractivity contribution is 0.629. The van der Waals surface area contributed by atoms with Crippen LogP contribution < -0.4 is 5.32 Å². The molecule has 4 rings (SSSR count). The highest BCUT2D eigenvalue weighted by atomic mass is 15.1. The van der Waals surface area contributed by atoms with Gasteiger partial charge in [-0.3, -0.25) is 0 Å². The Hall–Kier alpha value is -3.00. The van der Waals surface area contributed by atoms with Gasteiger partial charge < -0.3 is 9.88 Å². The Morgan fingerprint density at radius 1 is 0.720 bits per heavy atom. The monoisotopic (exact) mass is 326 g/mol. The summed E-state index contributed by atoms with van der Waals surface area (Å²) in [6.45, 7) is 4.48. The highest BCUT2D eigenvalue weighted by molar-refractivity contribution is 6.03. The maximum Gasteiger partial charge on any atom is 0.0733 e. The van der Waals surface area contributed by atoms with Gasteiger partial charge in [-0.25, -0.2) is 0 Å². The van der Waals surface area contributed by atoms with Crippen molar-refractivity contribution in [3.8, 4) is 11.3 Å². The van der Waals surface area contributed by atoms with E-state index in [0.29, 0.717) is 6.04 Å². The van der Waals surface area contributed by atoms with E-state index in [1.807, 2.05) is 6.07 Å². The van der Waals surface area contributed by atoms with Gasteiger partial charge in [0.25, 0.3) is 0 Å². The Balaban J connectivity index is 2.02. The zero-order valence-corrected chi connectivity index (χ0v) is 14.6. The summed E-state index contributed by atoms with van der Waals surface area (Å²) < 4.78 is 2.43. The largest absolute Gasteiger partial charge is 0.353 e. The second-order valence-corrected chi connectivity index (χ2v) is 6.56. The molecule has 0 saturated heterocycles. The number of aromatic nitrogens is 1. The van der Waals surface area contributed by atoms with Crippen LogP contribution in [-0.2, 0) is 0 Å². The molecule has 0 unspecified atom stereocenters. The van der Waals surface area contributed by atoms with E-state index in [9.17, 15) is 0 Å². The molecule has 0 aliphatic rings. The van der Waals surface area contributed by atoms with E-state index in [1.54, 1.807) is 0 Å². The number of para-hydroxylation sites is 2. The van der Waals surface area contributed by atoms with Gasteiger partial charge in [0.15, 0.2) is 0 Å². The van der Waals surface area contributed by atoms with Gasteiger partial charge in [-0.2, -0.15) is 0 Å². The topological polar surface area (TPSA) is 17.0 Å². The molecule has 0 saturated carbocycles. The Morgan fingerprint density at radius 3 is 2.00 bits per heavy atom. The van der Waals surface area contributed by atoms with Crippen molar-refractivity contribution in [2.75, 3.05) is 5.32 Å². The lowest BCUT2D eigenvalue weighted by atomic mass is 10.1. The Morgan fingerprint density at radius 2 is 1.32 bits per heavy atom. The molecule has 0 atom stereocenters. The Labute approximate surface area is 148 Å². The Kier molecular flexibility index (Phi) is 4.02. The van der Waals surface area contributed by atoms with Crippen LogP contribution in [-0.4, -0.2) is 4.57 Å². The van der Waals surface area contributed by atoms with Crippen molar-refractivity contribution in [2.24, 2.45) is 0 Å². The number of nitrogens with one attached hydrogen (secondary N) is 1. The number of hydrogen-bond donors (Lipinski definition) is 1. The summed E-state index contributed by atoms with van der Waals surface area (Å²) in [6, 6.07) is 30.0. The van der Waals surface area contributed by atoms with Gasteiger partial charge in [-0.15, -0.1) is 0 Å². The van der Waals surface area contributed by atoms with Crippen LogP contribution in [0.4, 0.5) is 11.4 Å². The molecule has 1 aromatic heterocycles. The van der Waals surface area contributed by atoms with Crippen LogP contribution in [0.5, 0.6) is 0 Å². The molecule has 1 N–H and O–H groups in total.